The summed E-state index contributed by atoms with van der Waals surface area (Å²) >= 11 is 0. The molecule has 268 valence electrons. The average Bonchev–Trinajstić information content (AvgIpc) is 3.41. The Hall–Kier alpha value is -3.50. The van der Waals surface area contributed by atoms with E-state index in [1.807, 2.05) is 75.1 Å². The van der Waals surface area contributed by atoms with Crippen molar-refractivity contribution < 1.29 is 33.8 Å². The summed E-state index contributed by atoms with van der Waals surface area (Å²) in [5, 5.41) is 13.8. The van der Waals surface area contributed by atoms with Gasteiger partial charge >= 0.3 is 5.97 Å². The maximum Gasteiger partial charge on any atom is 0.313 e. The molecule has 1 spiro atoms. The summed E-state index contributed by atoms with van der Waals surface area (Å²) in [5.74, 6) is -3.76. The number of rotatable bonds is 7. The van der Waals surface area contributed by atoms with Gasteiger partial charge in [0.15, 0.2) is 0 Å². The largest absolute Gasteiger partial charge is 0.455 e. The van der Waals surface area contributed by atoms with Crippen molar-refractivity contribution in [3.63, 3.8) is 0 Å². The summed E-state index contributed by atoms with van der Waals surface area (Å²) in [4.78, 5) is 60.8. The Bertz CT molecular complexity index is 1470. The first-order valence-electron chi connectivity index (χ1n) is 17.9. The predicted octanol–water partition coefficient (Wildman–Crippen LogP) is 4.73. The highest BCUT2D eigenvalue weighted by Gasteiger charge is 2.73. The molecule has 10 nitrogen and oxygen atoms in total. The van der Waals surface area contributed by atoms with Crippen molar-refractivity contribution in [1.29, 1.82) is 0 Å². The average molecular weight is 678 g/mol. The third-order valence-electron chi connectivity index (χ3n) is 10.8. The van der Waals surface area contributed by atoms with Gasteiger partial charge in [-0.15, -0.1) is 0 Å². The van der Waals surface area contributed by atoms with Crippen LogP contribution in [-0.4, -0.2) is 87.1 Å². The topological polar surface area (TPSA) is 125 Å². The zero-order valence-electron chi connectivity index (χ0n) is 30.3. The van der Waals surface area contributed by atoms with Crippen LogP contribution in [0.2, 0.25) is 0 Å². The second-order valence-electron chi connectivity index (χ2n) is 16.2. The van der Waals surface area contributed by atoms with Gasteiger partial charge in [-0.25, -0.2) is 0 Å². The standard InChI is InChI=1S/C39H55N3O7/c1-9-24(2)27(22-43)42-33-35(46)41(38(7,8)23-37(4,5)6)21-15-20-39(33)31(34(42)45)30-28(49-39)18-13-14-19-29(44)40-25(3)32(48-36(30)47)26-16-11-10-12-17-26/h10-13,15-18,20,24-25,27-28,30-33,43H,9,14,19,21-23H2,1-8H3,(H,40,44)/b18-13-/t24-,25-,27-,28-,30+,31+,32+,33-,39+/m0/s1. The number of nitrogens with one attached hydrogen (secondary N) is 1. The number of esters is 1. The zero-order chi connectivity index (χ0) is 35.9. The molecule has 2 saturated heterocycles. The second-order valence-corrected chi connectivity index (χ2v) is 16.2. The predicted molar refractivity (Wildman–Crippen MR) is 186 cm³/mol. The molecule has 0 saturated carbocycles. The number of hydrogen-bond acceptors (Lipinski definition) is 7. The van der Waals surface area contributed by atoms with Crippen LogP contribution in [0.25, 0.3) is 0 Å². The Morgan fingerprint density at radius 3 is 2.37 bits per heavy atom. The van der Waals surface area contributed by atoms with Gasteiger partial charge in [-0.2, -0.15) is 0 Å². The van der Waals surface area contributed by atoms with Gasteiger partial charge in [0.25, 0.3) is 0 Å². The van der Waals surface area contributed by atoms with Crippen LogP contribution in [0.5, 0.6) is 0 Å². The van der Waals surface area contributed by atoms with Gasteiger partial charge in [0, 0.05) is 18.5 Å². The Morgan fingerprint density at radius 1 is 1.04 bits per heavy atom. The number of aliphatic hydroxyl groups is 1. The number of fused-ring (bicyclic) bond motifs is 2. The summed E-state index contributed by atoms with van der Waals surface area (Å²) in [6.07, 6.45) is 7.55. The van der Waals surface area contributed by atoms with Crippen molar-refractivity contribution in [2.24, 2.45) is 23.2 Å². The maximum absolute atomic E-state index is 15.1. The van der Waals surface area contributed by atoms with E-state index in [9.17, 15) is 19.5 Å². The van der Waals surface area contributed by atoms with Gasteiger partial charge in [-0.05, 0) is 50.5 Å². The van der Waals surface area contributed by atoms with Crippen molar-refractivity contribution in [2.75, 3.05) is 13.2 Å². The number of ether oxygens (including phenoxy) is 2. The molecule has 3 amide bonds. The SMILES string of the molecule is CC[C@H](C)[C@H](CO)N1C(=O)[C@H]2[C@@H]3C(=O)O[C@@H](c4ccccc4)[C@H](C)NC(=O)CC/C=C\[C@@H]3O[C@]23C=CCN(C(C)(C)CC(C)(C)C)C(=O)[C@H]13. The van der Waals surface area contributed by atoms with Crippen molar-refractivity contribution in [1.82, 2.24) is 15.1 Å². The van der Waals surface area contributed by atoms with E-state index in [1.165, 1.54) is 4.90 Å². The number of carbonyl (C=O) groups excluding carboxylic acids is 4. The lowest BCUT2D eigenvalue weighted by atomic mass is 9.77. The minimum Gasteiger partial charge on any atom is -0.455 e. The van der Waals surface area contributed by atoms with E-state index >= 15 is 4.79 Å². The van der Waals surface area contributed by atoms with E-state index in [0.29, 0.717) is 31.4 Å². The molecule has 10 heteroatoms. The Kier molecular flexibility index (Phi) is 10.5. The van der Waals surface area contributed by atoms with Gasteiger partial charge < -0.3 is 29.7 Å². The molecule has 4 heterocycles. The molecule has 1 aromatic rings. The minimum atomic E-state index is -1.48. The lowest BCUT2D eigenvalue weighted by Gasteiger charge is -2.46. The van der Waals surface area contributed by atoms with Crippen LogP contribution in [0.1, 0.15) is 92.7 Å². The lowest BCUT2D eigenvalue weighted by Crippen LogP contribution is -2.62. The van der Waals surface area contributed by atoms with E-state index in [2.05, 4.69) is 26.1 Å². The molecule has 49 heavy (non-hydrogen) atoms. The van der Waals surface area contributed by atoms with Gasteiger partial charge in [-0.3, -0.25) is 19.2 Å². The highest BCUT2D eigenvalue weighted by molar-refractivity contribution is 5.99. The molecule has 5 rings (SSSR count). The smallest absolute Gasteiger partial charge is 0.313 e. The summed E-state index contributed by atoms with van der Waals surface area (Å²) in [6, 6.07) is 6.90. The van der Waals surface area contributed by atoms with Crippen LogP contribution < -0.4 is 5.32 Å². The molecule has 0 bridgehead atoms. The quantitative estimate of drug-likeness (QED) is 0.316. The molecule has 9 atom stereocenters. The number of allylic oxidation sites excluding steroid dienone is 1. The van der Waals surface area contributed by atoms with E-state index in [0.717, 1.165) is 0 Å². The van der Waals surface area contributed by atoms with Crippen molar-refractivity contribution in [3.8, 4) is 0 Å². The van der Waals surface area contributed by atoms with Crippen LogP contribution in [0.15, 0.2) is 54.6 Å². The second kappa shape index (κ2) is 14.0. The number of amides is 3. The molecule has 4 aliphatic heterocycles. The molecule has 2 fully saturated rings. The fraction of sp³-hybridized carbons (Fsp3) is 0.641. The number of hydrogen-bond donors (Lipinski definition) is 2. The first-order chi connectivity index (χ1) is 23.1. The van der Waals surface area contributed by atoms with Crippen molar-refractivity contribution in [3.05, 3.63) is 60.2 Å². The van der Waals surface area contributed by atoms with E-state index in [4.69, 9.17) is 9.47 Å². The van der Waals surface area contributed by atoms with Gasteiger partial charge in [0.2, 0.25) is 17.7 Å². The van der Waals surface area contributed by atoms with Crippen molar-refractivity contribution >= 4 is 23.7 Å². The minimum absolute atomic E-state index is 0.0868. The molecule has 0 aliphatic carbocycles. The molecule has 2 N–H and O–H groups in total. The normalized spacial score (nSPS) is 32.9. The number of cyclic esters (lactones) is 1. The number of carbonyl (C=O) groups is 4. The molecule has 0 unspecified atom stereocenters. The van der Waals surface area contributed by atoms with Crippen LogP contribution in [-0.2, 0) is 28.7 Å². The lowest BCUT2D eigenvalue weighted by molar-refractivity contribution is -0.163. The Balaban J connectivity index is 1.65. The van der Waals surface area contributed by atoms with Gasteiger partial charge in [0.05, 0.1) is 30.7 Å². The van der Waals surface area contributed by atoms with Crippen molar-refractivity contribution in [2.45, 2.75) is 123 Å². The monoisotopic (exact) mass is 677 g/mol. The summed E-state index contributed by atoms with van der Waals surface area (Å²) in [6.45, 7) is 16.2. The summed E-state index contributed by atoms with van der Waals surface area (Å²) in [7, 11) is 0. The van der Waals surface area contributed by atoms with E-state index < -0.39 is 65.2 Å². The molecular weight excluding hydrogens is 622 g/mol. The first-order valence-corrected chi connectivity index (χ1v) is 17.9. The van der Waals surface area contributed by atoms with Crippen LogP contribution in [0, 0.1) is 23.2 Å². The Labute approximate surface area is 291 Å². The number of aliphatic hydroxyl groups excluding tert-OH is 1. The number of likely N-dealkylation sites (tertiary alicyclic amines) is 1. The molecule has 1 aromatic carbocycles. The van der Waals surface area contributed by atoms with Gasteiger partial charge in [0.1, 0.15) is 23.7 Å². The molecule has 4 aliphatic rings. The number of benzene rings is 1. The highest BCUT2D eigenvalue weighted by Crippen LogP contribution is 2.55. The first kappa shape index (κ1) is 36.8. The van der Waals surface area contributed by atoms with E-state index in [-0.39, 0.29) is 36.2 Å². The zero-order valence-corrected chi connectivity index (χ0v) is 30.3. The summed E-state index contributed by atoms with van der Waals surface area (Å²) < 4.78 is 13.2. The number of nitrogens with zero attached hydrogens (tertiary/aromatic N) is 2. The molecular formula is C39H55N3O7. The third-order valence-corrected chi connectivity index (χ3v) is 10.8. The molecule has 0 radical (unpaired) electrons. The summed E-state index contributed by atoms with van der Waals surface area (Å²) in [5.41, 5.74) is -1.44. The molecule has 0 aromatic heterocycles. The fourth-order valence-electron chi connectivity index (χ4n) is 8.75. The van der Waals surface area contributed by atoms with Gasteiger partial charge in [-0.1, -0.05) is 95.7 Å². The third kappa shape index (κ3) is 6.96. The van der Waals surface area contributed by atoms with Crippen LogP contribution in [0.3, 0.4) is 0 Å². The highest BCUT2D eigenvalue weighted by atomic mass is 16.6. The Morgan fingerprint density at radius 2 is 1.73 bits per heavy atom. The van der Waals surface area contributed by atoms with Crippen LogP contribution in [0.4, 0.5) is 0 Å². The van der Waals surface area contributed by atoms with E-state index in [1.54, 1.807) is 19.1 Å². The fourth-order valence-corrected chi connectivity index (χ4v) is 8.75. The maximum atomic E-state index is 15.1. The van der Waals surface area contributed by atoms with Crippen LogP contribution >= 0.6 is 0 Å².